The molecule has 1 aromatic carbocycles. The molecule has 1 fully saturated rings. The quantitative estimate of drug-likeness (QED) is 0.608. The minimum absolute atomic E-state index is 0.0105. The number of rotatable bonds is 4. The molecular formula is C22H24O4. The van der Waals surface area contributed by atoms with Crippen molar-refractivity contribution in [2.75, 3.05) is 7.11 Å². The standard InChI is InChI=1S/C22H24O4/c1-5-6-14-7-10-17(18(11-14)25-4)19-20(23)15-8-9-16(12-15)21(19)26-22(24)13(2)3/h7,10-11,13,15-16H,8-9,12H2,1-4H3. The normalized spacial score (nSPS) is 21.5. The van der Waals surface area contributed by atoms with Gasteiger partial charge in [-0.1, -0.05) is 19.8 Å². The van der Waals surface area contributed by atoms with E-state index in [9.17, 15) is 9.59 Å². The lowest BCUT2D eigenvalue weighted by Crippen LogP contribution is -2.25. The Hall–Kier alpha value is -2.54. The monoisotopic (exact) mass is 352 g/mol. The van der Waals surface area contributed by atoms with E-state index in [1.807, 2.05) is 18.2 Å². The smallest absolute Gasteiger partial charge is 0.313 e. The van der Waals surface area contributed by atoms with Crippen LogP contribution in [0.25, 0.3) is 5.57 Å². The van der Waals surface area contributed by atoms with Crippen LogP contribution >= 0.6 is 0 Å². The van der Waals surface area contributed by atoms with Crippen molar-refractivity contribution in [1.29, 1.82) is 0 Å². The minimum Gasteiger partial charge on any atom is -0.496 e. The molecule has 2 atom stereocenters. The second kappa shape index (κ2) is 7.37. The Morgan fingerprint density at radius 3 is 2.62 bits per heavy atom. The molecule has 0 N–H and O–H groups in total. The van der Waals surface area contributed by atoms with Crippen LogP contribution in [0.3, 0.4) is 0 Å². The van der Waals surface area contributed by atoms with E-state index in [-0.39, 0.29) is 29.5 Å². The van der Waals surface area contributed by atoms with Gasteiger partial charge in [0.15, 0.2) is 5.78 Å². The molecule has 0 aliphatic heterocycles. The first kappa shape index (κ1) is 18.3. The lowest BCUT2D eigenvalue weighted by molar-refractivity contribution is -0.144. The summed E-state index contributed by atoms with van der Waals surface area (Å²) < 4.78 is 11.3. The van der Waals surface area contributed by atoms with Crippen LogP contribution in [0.1, 0.15) is 51.2 Å². The fraction of sp³-hybridized carbons (Fsp3) is 0.455. The Morgan fingerprint density at radius 1 is 1.23 bits per heavy atom. The van der Waals surface area contributed by atoms with E-state index < -0.39 is 0 Å². The number of methoxy groups -OCH3 is 1. The van der Waals surface area contributed by atoms with E-state index in [0.717, 1.165) is 24.8 Å². The molecule has 0 aromatic heterocycles. The van der Waals surface area contributed by atoms with E-state index in [1.165, 1.54) is 0 Å². The molecule has 1 saturated carbocycles. The van der Waals surface area contributed by atoms with Gasteiger partial charge in [-0.05, 0) is 44.4 Å². The highest BCUT2D eigenvalue weighted by Gasteiger charge is 2.43. The van der Waals surface area contributed by atoms with E-state index >= 15 is 0 Å². The van der Waals surface area contributed by atoms with Crippen LogP contribution in [0.15, 0.2) is 24.0 Å². The largest absolute Gasteiger partial charge is 0.496 e. The maximum atomic E-state index is 13.1. The zero-order valence-corrected chi connectivity index (χ0v) is 15.7. The van der Waals surface area contributed by atoms with E-state index in [4.69, 9.17) is 9.47 Å². The molecule has 2 bridgehead atoms. The Bertz CT molecular complexity index is 835. The molecule has 26 heavy (non-hydrogen) atoms. The molecule has 0 amide bonds. The van der Waals surface area contributed by atoms with Gasteiger partial charge in [-0.25, -0.2) is 0 Å². The van der Waals surface area contributed by atoms with Crippen molar-refractivity contribution >= 4 is 17.3 Å². The van der Waals surface area contributed by atoms with Crippen molar-refractivity contribution in [2.24, 2.45) is 17.8 Å². The summed E-state index contributed by atoms with van der Waals surface area (Å²) in [6.45, 7) is 5.36. The predicted octanol–water partition coefficient (Wildman–Crippen LogP) is 3.98. The molecular weight excluding hydrogens is 328 g/mol. The second-order valence-corrected chi connectivity index (χ2v) is 7.18. The van der Waals surface area contributed by atoms with Gasteiger partial charge in [0.05, 0.1) is 18.6 Å². The number of hydrogen-bond acceptors (Lipinski definition) is 4. The van der Waals surface area contributed by atoms with Crippen molar-refractivity contribution in [3.8, 4) is 17.6 Å². The van der Waals surface area contributed by atoms with Crippen molar-refractivity contribution in [1.82, 2.24) is 0 Å². The highest BCUT2D eigenvalue weighted by Crippen LogP contribution is 2.48. The third kappa shape index (κ3) is 3.26. The summed E-state index contributed by atoms with van der Waals surface area (Å²) in [5, 5.41) is 0. The number of allylic oxidation sites excluding steroid dienone is 2. The highest BCUT2D eigenvalue weighted by molar-refractivity contribution is 6.24. The molecule has 2 aliphatic rings. The number of Topliss-reactive ketones (excluding diaryl/α,β-unsaturated/α-hetero) is 1. The third-order valence-electron chi connectivity index (χ3n) is 5.09. The van der Waals surface area contributed by atoms with Crippen LogP contribution in [0, 0.1) is 29.6 Å². The van der Waals surface area contributed by atoms with Crippen LogP contribution in [-0.4, -0.2) is 18.9 Å². The summed E-state index contributed by atoms with van der Waals surface area (Å²) in [4.78, 5) is 25.3. The minimum atomic E-state index is -0.303. The zero-order chi connectivity index (χ0) is 18.8. The number of ether oxygens (including phenoxy) is 2. The summed E-state index contributed by atoms with van der Waals surface area (Å²) in [5.74, 6) is 6.59. The molecule has 0 heterocycles. The summed E-state index contributed by atoms with van der Waals surface area (Å²) in [7, 11) is 1.57. The van der Waals surface area contributed by atoms with Gasteiger partial charge in [0, 0.05) is 23.0 Å². The van der Waals surface area contributed by atoms with Gasteiger partial charge in [-0.2, -0.15) is 0 Å². The van der Waals surface area contributed by atoms with Gasteiger partial charge >= 0.3 is 5.97 Å². The first-order valence-electron chi connectivity index (χ1n) is 9.07. The SMILES string of the molecule is CC#Cc1ccc(C2=C(OC(=O)C(C)C)C3CCC(C3)C2=O)c(OC)c1. The molecule has 4 nitrogen and oxygen atoms in total. The molecule has 1 aromatic rings. The van der Waals surface area contributed by atoms with E-state index in [2.05, 4.69) is 11.8 Å². The number of carbonyl (C=O) groups excluding carboxylic acids is 2. The molecule has 0 radical (unpaired) electrons. The van der Waals surface area contributed by atoms with Gasteiger partial charge < -0.3 is 9.47 Å². The maximum absolute atomic E-state index is 13.1. The molecule has 0 saturated heterocycles. The van der Waals surface area contributed by atoms with Crippen LogP contribution in [-0.2, 0) is 14.3 Å². The Labute approximate surface area is 154 Å². The van der Waals surface area contributed by atoms with Crippen LogP contribution in [0.5, 0.6) is 5.75 Å². The van der Waals surface area contributed by atoms with Crippen molar-refractivity contribution < 1.29 is 19.1 Å². The Kier molecular flexibility index (Phi) is 5.18. The van der Waals surface area contributed by atoms with Crippen molar-refractivity contribution in [3.63, 3.8) is 0 Å². The number of hydrogen-bond donors (Lipinski definition) is 0. The first-order chi connectivity index (χ1) is 12.5. The summed E-state index contributed by atoms with van der Waals surface area (Å²) in [6.07, 6.45) is 2.49. The van der Waals surface area contributed by atoms with Crippen LogP contribution < -0.4 is 4.74 Å². The van der Waals surface area contributed by atoms with Gasteiger partial charge in [-0.15, -0.1) is 5.92 Å². The lowest BCUT2D eigenvalue weighted by atomic mass is 9.82. The Morgan fingerprint density at radius 2 is 1.96 bits per heavy atom. The molecule has 3 rings (SSSR count). The average Bonchev–Trinajstić information content (AvgIpc) is 3.07. The summed E-state index contributed by atoms with van der Waals surface area (Å²) in [6, 6.07) is 5.54. The van der Waals surface area contributed by atoms with Crippen LogP contribution in [0.2, 0.25) is 0 Å². The molecule has 0 spiro atoms. The second-order valence-electron chi connectivity index (χ2n) is 7.18. The number of fused-ring (bicyclic) bond motifs is 2. The number of esters is 1. The lowest BCUT2D eigenvalue weighted by Gasteiger charge is -2.26. The third-order valence-corrected chi connectivity index (χ3v) is 5.09. The fourth-order valence-electron chi connectivity index (χ4n) is 3.73. The molecule has 136 valence electrons. The van der Waals surface area contributed by atoms with Gasteiger partial charge in [0.25, 0.3) is 0 Å². The van der Waals surface area contributed by atoms with Crippen molar-refractivity contribution in [3.05, 3.63) is 35.1 Å². The number of carbonyl (C=O) groups is 2. The summed E-state index contributed by atoms with van der Waals surface area (Å²) in [5.41, 5.74) is 2.01. The van der Waals surface area contributed by atoms with Gasteiger partial charge in [-0.3, -0.25) is 9.59 Å². The first-order valence-corrected chi connectivity index (χ1v) is 9.07. The number of benzene rings is 1. The maximum Gasteiger partial charge on any atom is 0.313 e. The number of ketones is 1. The van der Waals surface area contributed by atoms with Crippen LogP contribution in [0.4, 0.5) is 0 Å². The van der Waals surface area contributed by atoms with Crippen molar-refractivity contribution in [2.45, 2.75) is 40.0 Å². The molecule has 2 aliphatic carbocycles. The van der Waals surface area contributed by atoms with Gasteiger partial charge in [0.1, 0.15) is 11.5 Å². The van der Waals surface area contributed by atoms with E-state index in [1.54, 1.807) is 27.9 Å². The van der Waals surface area contributed by atoms with E-state index in [0.29, 0.717) is 22.6 Å². The topological polar surface area (TPSA) is 52.6 Å². The van der Waals surface area contributed by atoms with Gasteiger partial charge in [0.2, 0.25) is 0 Å². The molecule has 4 heteroatoms. The predicted molar refractivity (Wildman–Crippen MR) is 99.2 cm³/mol. The fourth-order valence-corrected chi connectivity index (χ4v) is 3.73. The average molecular weight is 352 g/mol. The Balaban J connectivity index is 2.14. The highest BCUT2D eigenvalue weighted by atomic mass is 16.5. The molecule has 2 unspecified atom stereocenters. The zero-order valence-electron chi connectivity index (χ0n) is 15.7. The summed E-state index contributed by atoms with van der Waals surface area (Å²) >= 11 is 0.